The number of carbonyl (C=O) groups excluding carboxylic acids is 3. The average Bonchev–Trinajstić information content (AvgIpc) is 3.20. The summed E-state index contributed by atoms with van der Waals surface area (Å²) in [6, 6.07) is 16.0. The molecule has 4 aliphatic carbocycles. The zero-order chi connectivity index (χ0) is 38.5. The summed E-state index contributed by atoms with van der Waals surface area (Å²) in [4.78, 5) is 39.5. The monoisotopic (exact) mass is 754 g/mol. The van der Waals surface area contributed by atoms with Crippen LogP contribution in [0.15, 0.2) is 54.6 Å². The molecular formula is C47H59FO7. The van der Waals surface area contributed by atoms with Gasteiger partial charge in [0, 0.05) is 10.8 Å². The highest BCUT2D eigenvalue weighted by Crippen LogP contribution is 2.40. The van der Waals surface area contributed by atoms with Gasteiger partial charge in [0.2, 0.25) is 0 Å². The largest absolute Gasteiger partial charge is 0.490 e. The number of fused-ring (bicyclic) bond motifs is 1. The molecule has 0 heterocycles. The summed E-state index contributed by atoms with van der Waals surface area (Å²) in [5.41, 5.74) is 1.72. The van der Waals surface area contributed by atoms with E-state index in [-0.39, 0.29) is 59.8 Å². The molecule has 0 saturated heterocycles. The molecule has 0 N–H and O–H groups in total. The van der Waals surface area contributed by atoms with E-state index in [0.29, 0.717) is 54.9 Å². The van der Waals surface area contributed by atoms with Gasteiger partial charge in [-0.3, -0.25) is 14.4 Å². The number of esters is 3. The van der Waals surface area contributed by atoms with Gasteiger partial charge in [-0.2, -0.15) is 0 Å². The Kier molecular flexibility index (Phi) is 12.8. The van der Waals surface area contributed by atoms with E-state index in [9.17, 15) is 18.8 Å². The molecule has 0 aliphatic heterocycles. The Morgan fingerprint density at radius 1 is 0.545 bits per heavy atom. The summed E-state index contributed by atoms with van der Waals surface area (Å²) < 4.78 is 38.5. The van der Waals surface area contributed by atoms with Crippen molar-refractivity contribution in [3.05, 3.63) is 60.4 Å². The first-order chi connectivity index (χ1) is 26.6. The van der Waals surface area contributed by atoms with Crippen molar-refractivity contribution in [3.63, 3.8) is 0 Å². The molecule has 55 heavy (non-hydrogen) atoms. The number of carbonyl (C=O) groups is 3. The Labute approximate surface area is 326 Å². The molecule has 296 valence electrons. The second-order valence-corrected chi connectivity index (χ2v) is 17.4. The van der Waals surface area contributed by atoms with Crippen LogP contribution in [0, 0.1) is 41.3 Å². The van der Waals surface area contributed by atoms with E-state index in [4.69, 9.17) is 18.9 Å². The van der Waals surface area contributed by atoms with Crippen LogP contribution in [0.25, 0.3) is 21.9 Å². The van der Waals surface area contributed by atoms with Gasteiger partial charge in [-0.15, -0.1) is 0 Å². The smallest absolute Gasteiger partial charge is 0.314 e. The van der Waals surface area contributed by atoms with Gasteiger partial charge >= 0.3 is 17.9 Å². The Balaban J connectivity index is 0.980. The predicted molar refractivity (Wildman–Crippen MR) is 211 cm³/mol. The Morgan fingerprint density at radius 3 is 1.64 bits per heavy atom. The standard InChI is InChI=1S/C47H59FO7/c1-29(2)31-8-10-34(11-9-31)46(50)53-39-19-14-35(15-20-39)47(51)55-44-27-26-43(41-25-16-36(28-42(41)44)32-12-17-37(48)18-13-32)52-38-21-23-40(24-22-38)54-45(49)33-6-4-30(3)5-7-33/h12-13,16-18,25-31,33-35,38-40H,4-11,14-15,19-24H2,1-3H3. The maximum atomic E-state index is 13.8. The highest BCUT2D eigenvalue weighted by Gasteiger charge is 2.34. The normalized spacial score (nSPS) is 28.7. The maximum Gasteiger partial charge on any atom is 0.314 e. The zero-order valence-electron chi connectivity index (χ0n) is 32.9. The minimum atomic E-state index is -0.304. The molecule has 3 aromatic carbocycles. The van der Waals surface area contributed by atoms with Crippen molar-refractivity contribution < 1.29 is 37.7 Å². The molecule has 0 bridgehead atoms. The highest BCUT2D eigenvalue weighted by atomic mass is 19.1. The van der Waals surface area contributed by atoms with E-state index in [2.05, 4.69) is 20.8 Å². The van der Waals surface area contributed by atoms with Crippen LogP contribution in [-0.4, -0.2) is 36.2 Å². The number of rotatable bonds is 10. The fraction of sp³-hybridized carbons (Fsp3) is 0.596. The molecule has 3 aromatic rings. The lowest BCUT2D eigenvalue weighted by molar-refractivity contribution is -0.159. The summed E-state index contributed by atoms with van der Waals surface area (Å²) in [6.07, 6.45) is 13.4. The minimum absolute atomic E-state index is 0.00689. The molecule has 4 fully saturated rings. The average molecular weight is 755 g/mol. The lowest BCUT2D eigenvalue weighted by Crippen LogP contribution is -2.33. The van der Waals surface area contributed by atoms with Gasteiger partial charge in [-0.25, -0.2) is 4.39 Å². The lowest BCUT2D eigenvalue weighted by atomic mass is 9.77. The number of benzene rings is 3. The van der Waals surface area contributed by atoms with E-state index in [1.54, 1.807) is 12.1 Å². The molecule has 8 heteroatoms. The Morgan fingerprint density at radius 2 is 1.04 bits per heavy atom. The molecular weight excluding hydrogens is 696 g/mol. The van der Waals surface area contributed by atoms with Crippen molar-refractivity contribution in [1.29, 1.82) is 0 Å². The number of halogens is 1. The quantitative estimate of drug-likeness (QED) is 0.150. The maximum absolute atomic E-state index is 13.8. The number of ether oxygens (including phenoxy) is 4. The van der Waals surface area contributed by atoms with Crippen LogP contribution < -0.4 is 9.47 Å². The third kappa shape index (κ3) is 9.90. The van der Waals surface area contributed by atoms with Crippen LogP contribution >= 0.6 is 0 Å². The molecule has 7 rings (SSSR count). The molecule has 0 aromatic heterocycles. The van der Waals surface area contributed by atoms with Crippen LogP contribution in [-0.2, 0) is 23.9 Å². The zero-order valence-corrected chi connectivity index (χ0v) is 32.9. The Hall–Kier alpha value is -3.94. The second-order valence-electron chi connectivity index (χ2n) is 17.4. The van der Waals surface area contributed by atoms with Crippen molar-refractivity contribution in [2.24, 2.45) is 35.5 Å². The van der Waals surface area contributed by atoms with Gasteiger partial charge < -0.3 is 18.9 Å². The van der Waals surface area contributed by atoms with Crippen LogP contribution in [0.5, 0.6) is 11.5 Å². The molecule has 7 nitrogen and oxygen atoms in total. The van der Waals surface area contributed by atoms with E-state index in [0.717, 1.165) is 98.9 Å². The molecule has 0 unspecified atom stereocenters. The Bertz CT molecular complexity index is 1770. The summed E-state index contributed by atoms with van der Waals surface area (Å²) >= 11 is 0. The fourth-order valence-electron chi connectivity index (χ4n) is 9.40. The van der Waals surface area contributed by atoms with Gasteiger partial charge in [0.15, 0.2) is 0 Å². The van der Waals surface area contributed by atoms with E-state index >= 15 is 0 Å². The fourth-order valence-corrected chi connectivity index (χ4v) is 9.40. The minimum Gasteiger partial charge on any atom is -0.490 e. The molecule has 4 aliphatic rings. The topological polar surface area (TPSA) is 88.1 Å². The molecule has 0 atom stereocenters. The first-order valence-electron chi connectivity index (χ1n) is 21.2. The molecule has 0 spiro atoms. The SMILES string of the molecule is CC1CCC(C(=O)OC2CCC(Oc3ccc(OC(=O)C4CCC(OC(=O)C5CCC(C(C)C)CC5)CC4)c4cc(-c5ccc(F)cc5)ccc34)CC2)CC1. The van der Waals surface area contributed by atoms with Crippen molar-refractivity contribution >= 4 is 28.7 Å². The van der Waals surface area contributed by atoms with Crippen LogP contribution in [0.1, 0.15) is 124 Å². The molecule has 0 amide bonds. The molecule has 4 saturated carbocycles. The van der Waals surface area contributed by atoms with E-state index < -0.39 is 0 Å². The summed E-state index contributed by atoms with van der Waals surface area (Å²) in [5.74, 6) is 2.25. The number of hydrogen-bond donors (Lipinski definition) is 0. The predicted octanol–water partition coefficient (Wildman–Crippen LogP) is 11.2. The van der Waals surface area contributed by atoms with Gasteiger partial charge in [0.05, 0.1) is 23.9 Å². The van der Waals surface area contributed by atoms with Crippen molar-refractivity contribution in [2.45, 2.75) is 142 Å². The van der Waals surface area contributed by atoms with Gasteiger partial charge in [-0.05, 0) is 168 Å². The summed E-state index contributed by atoms with van der Waals surface area (Å²) in [5, 5.41) is 1.57. The summed E-state index contributed by atoms with van der Waals surface area (Å²) in [7, 11) is 0. The van der Waals surface area contributed by atoms with Crippen LogP contribution in [0.2, 0.25) is 0 Å². The van der Waals surface area contributed by atoms with E-state index in [1.165, 1.54) is 12.1 Å². The van der Waals surface area contributed by atoms with Gasteiger partial charge in [-0.1, -0.05) is 39.0 Å². The second kappa shape index (κ2) is 17.9. The van der Waals surface area contributed by atoms with Gasteiger partial charge in [0.1, 0.15) is 29.5 Å². The number of hydrogen-bond acceptors (Lipinski definition) is 7. The summed E-state index contributed by atoms with van der Waals surface area (Å²) in [6.45, 7) is 6.78. The first-order valence-corrected chi connectivity index (χ1v) is 21.2. The lowest BCUT2D eigenvalue weighted by Gasteiger charge is -2.32. The van der Waals surface area contributed by atoms with Crippen molar-refractivity contribution in [2.75, 3.05) is 0 Å². The highest BCUT2D eigenvalue weighted by molar-refractivity contribution is 5.97. The third-order valence-electron chi connectivity index (χ3n) is 13.2. The van der Waals surface area contributed by atoms with Crippen molar-refractivity contribution in [3.8, 4) is 22.6 Å². The molecule has 0 radical (unpaired) electrons. The van der Waals surface area contributed by atoms with Crippen LogP contribution in [0.3, 0.4) is 0 Å². The van der Waals surface area contributed by atoms with Gasteiger partial charge in [0.25, 0.3) is 0 Å². The third-order valence-corrected chi connectivity index (χ3v) is 13.2. The van der Waals surface area contributed by atoms with Crippen LogP contribution in [0.4, 0.5) is 4.39 Å². The first kappa shape index (κ1) is 39.3. The van der Waals surface area contributed by atoms with E-state index in [1.807, 2.05) is 30.3 Å². The van der Waals surface area contributed by atoms with Crippen molar-refractivity contribution in [1.82, 2.24) is 0 Å².